The first kappa shape index (κ1) is 14.8. The topological polar surface area (TPSA) is 55.1 Å². The molecule has 116 valence electrons. The third kappa shape index (κ3) is 3.75. The average Bonchev–Trinajstić information content (AvgIpc) is 3.03. The average molecular weight is 298 g/mol. The maximum absolute atomic E-state index is 12.1. The molecule has 1 saturated carbocycles. The fourth-order valence-electron chi connectivity index (χ4n) is 3.06. The number of aryl methyl sites for hydroxylation is 1. The molecule has 2 aromatic rings. The zero-order valence-corrected chi connectivity index (χ0v) is 12.8. The highest BCUT2D eigenvalue weighted by Crippen LogP contribution is 2.23. The summed E-state index contributed by atoms with van der Waals surface area (Å²) < 4.78 is 5.10. The van der Waals surface area contributed by atoms with E-state index < -0.39 is 0 Å². The van der Waals surface area contributed by atoms with Crippen LogP contribution in [0.25, 0.3) is 11.3 Å². The Morgan fingerprint density at radius 2 is 1.95 bits per heavy atom. The van der Waals surface area contributed by atoms with Crippen molar-refractivity contribution in [2.75, 3.05) is 0 Å². The van der Waals surface area contributed by atoms with Crippen LogP contribution in [-0.4, -0.2) is 17.1 Å². The SMILES string of the molecule is O=C(CCc1conc1-c1ccccc1)NC1CCCCC1. The number of amides is 1. The first-order chi connectivity index (χ1) is 10.8. The van der Waals surface area contributed by atoms with E-state index in [0.717, 1.165) is 29.7 Å². The van der Waals surface area contributed by atoms with E-state index in [0.29, 0.717) is 18.9 Å². The maximum atomic E-state index is 12.1. The minimum absolute atomic E-state index is 0.132. The summed E-state index contributed by atoms with van der Waals surface area (Å²) in [6.45, 7) is 0. The second-order valence-corrected chi connectivity index (χ2v) is 5.96. The molecule has 0 aliphatic heterocycles. The van der Waals surface area contributed by atoms with Crippen LogP contribution < -0.4 is 5.32 Å². The van der Waals surface area contributed by atoms with Crippen LogP contribution >= 0.6 is 0 Å². The molecule has 4 heteroatoms. The molecule has 0 saturated heterocycles. The van der Waals surface area contributed by atoms with Crippen molar-refractivity contribution in [3.05, 3.63) is 42.2 Å². The van der Waals surface area contributed by atoms with Gasteiger partial charge in [-0.05, 0) is 19.3 Å². The molecule has 0 radical (unpaired) electrons. The first-order valence-corrected chi connectivity index (χ1v) is 8.11. The summed E-state index contributed by atoms with van der Waals surface area (Å²) in [5, 5.41) is 7.22. The molecule has 0 spiro atoms. The summed E-state index contributed by atoms with van der Waals surface area (Å²) in [5.41, 5.74) is 2.86. The van der Waals surface area contributed by atoms with Gasteiger partial charge in [-0.25, -0.2) is 0 Å². The van der Waals surface area contributed by atoms with Gasteiger partial charge in [-0.3, -0.25) is 4.79 Å². The zero-order valence-electron chi connectivity index (χ0n) is 12.8. The molecule has 1 aliphatic rings. The summed E-state index contributed by atoms with van der Waals surface area (Å²) in [4.78, 5) is 12.1. The van der Waals surface area contributed by atoms with Gasteiger partial charge in [0, 0.05) is 23.6 Å². The largest absolute Gasteiger partial charge is 0.364 e. The van der Waals surface area contributed by atoms with Crippen LogP contribution in [0.15, 0.2) is 41.1 Å². The molecule has 1 aliphatic carbocycles. The lowest BCUT2D eigenvalue weighted by Gasteiger charge is -2.22. The quantitative estimate of drug-likeness (QED) is 0.915. The van der Waals surface area contributed by atoms with Crippen molar-refractivity contribution in [3.8, 4) is 11.3 Å². The van der Waals surface area contributed by atoms with Crippen molar-refractivity contribution in [1.82, 2.24) is 10.5 Å². The van der Waals surface area contributed by atoms with Gasteiger partial charge in [-0.2, -0.15) is 0 Å². The molecular formula is C18H22N2O2. The fourth-order valence-corrected chi connectivity index (χ4v) is 3.06. The van der Waals surface area contributed by atoms with E-state index in [9.17, 15) is 4.79 Å². The number of nitrogens with one attached hydrogen (secondary N) is 1. The molecule has 1 heterocycles. The predicted molar refractivity (Wildman–Crippen MR) is 85.3 cm³/mol. The molecule has 1 fully saturated rings. The molecule has 0 bridgehead atoms. The van der Waals surface area contributed by atoms with Crippen molar-refractivity contribution in [2.24, 2.45) is 0 Å². The van der Waals surface area contributed by atoms with Gasteiger partial charge in [0.05, 0.1) is 0 Å². The van der Waals surface area contributed by atoms with Crippen LogP contribution in [0.2, 0.25) is 0 Å². The standard InChI is InChI=1S/C18H22N2O2/c21-17(19-16-9-5-2-6-10-16)12-11-15-13-22-20-18(15)14-7-3-1-4-8-14/h1,3-4,7-8,13,16H,2,5-6,9-12H2,(H,19,21). The number of nitrogens with zero attached hydrogens (tertiary/aromatic N) is 1. The Morgan fingerprint density at radius 3 is 2.73 bits per heavy atom. The molecule has 1 N–H and O–H groups in total. The van der Waals surface area contributed by atoms with Crippen LogP contribution in [0.5, 0.6) is 0 Å². The Balaban J connectivity index is 1.55. The number of aromatic nitrogens is 1. The Morgan fingerprint density at radius 1 is 1.18 bits per heavy atom. The molecule has 22 heavy (non-hydrogen) atoms. The van der Waals surface area contributed by atoms with Gasteiger partial charge in [-0.15, -0.1) is 0 Å². The number of carbonyl (C=O) groups excluding carboxylic acids is 1. The number of benzene rings is 1. The van der Waals surface area contributed by atoms with Gasteiger partial charge in [0.15, 0.2) is 0 Å². The summed E-state index contributed by atoms with van der Waals surface area (Å²) in [5.74, 6) is 0.132. The lowest BCUT2D eigenvalue weighted by atomic mass is 9.95. The minimum atomic E-state index is 0.132. The fraction of sp³-hybridized carbons (Fsp3) is 0.444. The molecular weight excluding hydrogens is 276 g/mol. The molecule has 0 unspecified atom stereocenters. The van der Waals surface area contributed by atoms with E-state index in [2.05, 4.69) is 10.5 Å². The number of hydrogen-bond acceptors (Lipinski definition) is 3. The van der Waals surface area contributed by atoms with Gasteiger partial charge in [-0.1, -0.05) is 54.8 Å². The summed E-state index contributed by atoms with van der Waals surface area (Å²) >= 11 is 0. The molecule has 4 nitrogen and oxygen atoms in total. The van der Waals surface area contributed by atoms with Crippen LogP contribution in [-0.2, 0) is 11.2 Å². The predicted octanol–water partition coefficient (Wildman–Crippen LogP) is 3.72. The van der Waals surface area contributed by atoms with Crippen molar-refractivity contribution in [3.63, 3.8) is 0 Å². The van der Waals surface area contributed by atoms with Crippen LogP contribution in [0.1, 0.15) is 44.1 Å². The Hall–Kier alpha value is -2.10. The summed E-state index contributed by atoms with van der Waals surface area (Å²) in [6.07, 6.45) is 8.79. The van der Waals surface area contributed by atoms with Crippen molar-refractivity contribution >= 4 is 5.91 Å². The van der Waals surface area contributed by atoms with Gasteiger partial charge < -0.3 is 9.84 Å². The third-order valence-corrected chi connectivity index (χ3v) is 4.28. The lowest BCUT2D eigenvalue weighted by molar-refractivity contribution is -0.121. The lowest BCUT2D eigenvalue weighted by Crippen LogP contribution is -2.36. The van der Waals surface area contributed by atoms with E-state index in [1.54, 1.807) is 6.26 Å². The molecule has 0 atom stereocenters. The van der Waals surface area contributed by atoms with E-state index in [-0.39, 0.29) is 5.91 Å². The Kier molecular flexibility index (Phi) is 4.88. The van der Waals surface area contributed by atoms with E-state index in [4.69, 9.17) is 4.52 Å². The minimum Gasteiger partial charge on any atom is -0.364 e. The van der Waals surface area contributed by atoms with Gasteiger partial charge in [0.25, 0.3) is 0 Å². The van der Waals surface area contributed by atoms with Gasteiger partial charge in [0.2, 0.25) is 5.91 Å². The summed E-state index contributed by atoms with van der Waals surface area (Å²) in [6, 6.07) is 10.3. The van der Waals surface area contributed by atoms with Gasteiger partial charge >= 0.3 is 0 Å². The van der Waals surface area contributed by atoms with Gasteiger partial charge in [0.1, 0.15) is 12.0 Å². The normalized spacial score (nSPS) is 15.6. The highest BCUT2D eigenvalue weighted by molar-refractivity contribution is 5.77. The monoisotopic (exact) mass is 298 g/mol. The Bertz CT molecular complexity index is 601. The highest BCUT2D eigenvalue weighted by atomic mass is 16.5. The van der Waals surface area contributed by atoms with Crippen LogP contribution in [0.3, 0.4) is 0 Å². The second kappa shape index (κ2) is 7.25. The van der Waals surface area contributed by atoms with Crippen LogP contribution in [0, 0.1) is 0 Å². The van der Waals surface area contributed by atoms with Crippen molar-refractivity contribution in [2.45, 2.75) is 51.0 Å². The first-order valence-electron chi connectivity index (χ1n) is 8.11. The second-order valence-electron chi connectivity index (χ2n) is 5.96. The zero-order chi connectivity index (χ0) is 15.2. The molecule has 1 aromatic carbocycles. The maximum Gasteiger partial charge on any atom is 0.220 e. The number of hydrogen-bond donors (Lipinski definition) is 1. The third-order valence-electron chi connectivity index (χ3n) is 4.28. The van der Waals surface area contributed by atoms with E-state index in [1.165, 1.54) is 19.3 Å². The Labute approximate surface area is 130 Å². The highest BCUT2D eigenvalue weighted by Gasteiger charge is 2.16. The van der Waals surface area contributed by atoms with E-state index in [1.807, 2.05) is 30.3 Å². The molecule has 1 amide bonds. The summed E-state index contributed by atoms with van der Waals surface area (Å²) in [7, 11) is 0. The van der Waals surface area contributed by atoms with E-state index >= 15 is 0 Å². The van der Waals surface area contributed by atoms with Crippen molar-refractivity contribution in [1.29, 1.82) is 0 Å². The number of rotatable bonds is 5. The molecule has 3 rings (SSSR count). The molecule has 1 aromatic heterocycles. The smallest absolute Gasteiger partial charge is 0.220 e. The van der Waals surface area contributed by atoms with Crippen molar-refractivity contribution < 1.29 is 9.32 Å². The number of carbonyl (C=O) groups is 1. The van der Waals surface area contributed by atoms with Crippen LogP contribution in [0.4, 0.5) is 0 Å².